The number of hydrogen-bond donors (Lipinski definition) is 3. The van der Waals surface area contributed by atoms with E-state index in [1.54, 1.807) is 12.4 Å². The zero-order valence-electron chi connectivity index (χ0n) is 21.1. The van der Waals surface area contributed by atoms with Gasteiger partial charge in [-0.3, -0.25) is 25.3 Å². The van der Waals surface area contributed by atoms with Crippen LogP contribution in [0.25, 0.3) is 0 Å². The van der Waals surface area contributed by atoms with E-state index in [1.807, 2.05) is 19.3 Å². The Morgan fingerprint density at radius 1 is 1.05 bits per heavy atom. The second-order valence-corrected chi connectivity index (χ2v) is 11.7. The van der Waals surface area contributed by atoms with Crippen LogP contribution in [0.3, 0.4) is 0 Å². The number of hydrogen-bond acceptors (Lipinski definition) is 9. The van der Waals surface area contributed by atoms with Crippen LogP contribution in [0.5, 0.6) is 0 Å². The number of piperidine rings is 1. The van der Waals surface area contributed by atoms with Crippen molar-refractivity contribution in [3.05, 3.63) is 46.0 Å². The average Bonchev–Trinajstić information content (AvgIpc) is 3.44. The molecule has 3 aliphatic heterocycles. The highest BCUT2D eigenvalue weighted by molar-refractivity contribution is 6.35. The number of amides is 2. The van der Waals surface area contributed by atoms with E-state index in [0.29, 0.717) is 53.9 Å². The number of anilines is 1. The van der Waals surface area contributed by atoms with E-state index in [1.165, 1.54) is 0 Å². The van der Waals surface area contributed by atoms with E-state index in [4.69, 9.17) is 27.9 Å². The van der Waals surface area contributed by atoms with Crippen LogP contribution in [0.2, 0.25) is 10.0 Å². The van der Waals surface area contributed by atoms with Gasteiger partial charge < -0.3 is 9.64 Å². The first-order chi connectivity index (χ1) is 18.3. The van der Waals surface area contributed by atoms with Gasteiger partial charge in [0.15, 0.2) is 0 Å². The third-order valence-electron chi connectivity index (χ3n) is 8.65. The molecule has 3 N–H and O–H groups in total. The quantitative estimate of drug-likeness (QED) is 0.473. The van der Waals surface area contributed by atoms with Crippen LogP contribution in [0.4, 0.5) is 5.95 Å². The first-order valence-electron chi connectivity index (χ1n) is 13.2. The van der Waals surface area contributed by atoms with Gasteiger partial charge in [-0.05, 0) is 44.9 Å². The van der Waals surface area contributed by atoms with Gasteiger partial charge in [-0.2, -0.15) is 0 Å². The Hall–Kier alpha value is -2.37. The average molecular weight is 560 g/mol. The molecule has 3 saturated heterocycles. The Balaban J connectivity index is 1.09. The van der Waals surface area contributed by atoms with Crippen LogP contribution in [0.1, 0.15) is 68.7 Å². The predicted molar refractivity (Wildman–Crippen MR) is 141 cm³/mol. The molecule has 4 aliphatic rings. The number of halogens is 2. The molecular weight excluding hydrogens is 529 g/mol. The van der Waals surface area contributed by atoms with E-state index in [0.717, 1.165) is 30.4 Å². The molecule has 5 atom stereocenters. The van der Waals surface area contributed by atoms with E-state index in [-0.39, 0.29) is 36.5 Å². The maximum Gasteiger partial charge on any atom is 0.233 e. The first kappa shape index (κ1) is 25.9. The van der Waals surface area contributed by atoms with Gasteiger partial charge in [-0.25, -0.2) is 15.4 Å². The van der Waals surface area contributed by atoms with Crippen LogP contribution in [0, 0.1) is 11.3 Å². The molecule has 4 fully saturated rings. The number of imide groups is 1. The summed E-state index contributed by atoms with van der Waals surface area (Å²) in [6.45, 7) is 3.28. The Morgan fingerprint density at radius 3 is 2.42 bits per heavy atom. The highest BCUT2D eigenvalue weighted by Crippen LogP contribution is 2.42. The second-order valence-electron chi connectivity index (χ2n) is 10.9. The number of carbonyl (C=O) groups excluding carboxylic acids is 2. The lowest BCUT2D eigenvalue weighted by molar-refractivity contribution is -0.129. The number of aromatic nitrogens is 3. The molecule has 0 radical (unpaired) electrons. The molecule has 202 valence electrons. The number of carbonyl (C=O) groups is 2. The summed E-state index contributed by atoms with van der Waals surface area (Å²) < 4.78 is 6.44. The van der Waals surface area contributed by atoms with Gasteiger partial charge in [0.2, 0.25) is 17.8 Å². The summed E-state index contributed by atoms with van der Waals surface area (Å²) in [6.07, 6.45) is 11.2. The molecule has 12 heteroatoms. The summed E-state index contributed by atoms with van der Waals surface area (Å²) in [7, 11) is 0. The van der Waals surface area contributed by atoms with Crippen molar-refractivity contribution in [3.8, 4) is 0 Å². The molecule has 2 aromatic rings. The number of fused-ring (bicyclic) bond motifs is 1. The number of ether oxygens (including phenoxy) is 1. The molecular formula is C26H31Cl2N7O3. The van der Waals surface area contributed by atoms with Gasteiger partial charge in [0.1, 0.15) is 0 Å². The largest absolute Gasteiger partial charge is 0.370 e. The number of nitrogens with one attached hydrogen (secondary N) is 3. The molecule has 4 unspecified atom stereocenters. The fourth-order valence-electron chi connectivity index (χ4n) is 6.52. The number of pyridine rings is 1. The molecule has 5 heterocycles. The van der Waals surface area contributed by atoms with Gasteiger partial charge >= 0.3 is 0 Å². The molecule has 1 spiro atoms. The fraction of sp³-hybridized carbons (Fsp3) is 0.577. The normalized spacial score (nSPS) is 29.4. The standard InChI is InChI=1S/C26H31Cl2N7O3/c1-14(22-18(27)12-29-13-19(22)28)38-16-2-3-20-17(8-16)23(34-33-20)15-10-30-25(31-11-15)35-6-4-26(5-7-35)9-21(36)32-24(26)37/h10-14,16-17,20,23,33-34H,2-9H2,1H3,(H,32,36,37)/t14-,16?,17?,20?,23?/m1/s1. The van der Waals surface area contributed by atoms with Crippen LogP contribution in [-0.2, 0) is 14.3 Å². The van der Waals surface area contributed by atoms with Crippen LogP contribution >= 0.6 is 23.2 Å². The molecule has 2 aromatic heterocycles. The lowest BCUT2D eigenvalue weighted by atomic mass is 9.77. The first-order valence-corrected chi connectivity index (χ1v) is 14.0. The summed E-state index contributed by atoms with van der Waals surface area (Å²) in [4.78, 5) is 39.5. The zero-order valence-corrected chi connectivity index (χ0v) is 22.6. The van der Waals surface area contributed by atoms with Crippen molar-refractivity contribution >= 4 is 41.0 Å². The zero-order chi connectivity index (χ0) is 26.4. The van der Waals surface area contributed by atoms with Crippen molar-refractivity contribution < 1.29 is 14.3 Å². The third-order valence-corrected chi connectivity index (χ3v) is 9.25. The monoisotopic (exact) mass is 559 g/mol. The Kier molecular flexibility index (Phi) is 7.02. The minimum atomic E-state index is -0.562. The minimum absolute atomic E-state index is 0.0710. The third kappa shape index (κ3) is 4.77. The highest BCUT2D eigenvalue weighted by atomic mass is 35.5. The summed E-state index contributed by atoms with van der Waals surface area (Å²) in [5.74, 6) is 0.673. The smallest absolute Gasteiger partial charge is 0.233 e. The van der Waals surface area contributed by atoms with Crippen LogP contribution in [0.15, 0.2) is 24.8 Å². The number of hydrazine groups is 1. The number of rotatable bonds is 5. The lowest BCUT2D eigenvalue weighted by Gasteiger charge is -2.37. The van der Waals surface area contributed by atoms with E-state index in [9.17, 15) is 9.59 Å². The van der Waals surface area contributed by atoms with Gasteiger partial charge in [0.05, 0.1) is 33.7 Å². The molecule has 0 aromatic carbocycles. The molecule has 10 nitrogen and oxygen atoms in total. The lowest BCUT2D eigenvalue weighted by Crippen LogP contribution is -2.44. The van der Waals surface area contributed by atoms with E-state index >= 15 is 0 Å². The van der Waals surface area contributed by atoms with Crippen molar-refractivity contribution in [1.29, 1.82) is 0 Å². The summed E-state index contributed by atoms with van der Waals surface area (Å²) in [5, 5.41) is 3.49. The van der Waals surface area contributed by atoms with Crippen molar-refractivity contribution in [3.63, 3.8) is 0 Å². The molecule has 1 saturated carbocycles. The van der Waals surface area contributed by atoms with E-state index < -0.39 is 5.41 Å². The molecule has 0 bridgehead atoms. The van der Waals surface area contributed by atoms with Gasteiger partial charge in [-0.15, -0.1) is 0 Å². The number of nitrogens with zero attached hydrogens (tertiary/aromatic N) is 4. The molecule has 1 aliphatic carbocycles. The van der Waals surface area contributed by atoms with Crippen molar-refractivity contribution in [2.24, 2.45) is 11.3 Å². The molecule has 6 rings (SSSR count). The summed E-state index contributed by atoms with van der Waals surface area (Å²) >= 11 is 12.7. The van der Waals surface area contributed by atoms with Gasteiger partial charge in [-0.1, -0.05) is 23.2 Å². The summed E-state index contributed by atoms with van der Waals surface area (Å²) in [6, 6.07) is 0.420. The van der Waals surface area contributed by atoms with Crippen LogP contribution < -0.4 is 21.1 Å². The SMILES string of the molecule is C[C@@H](OC1CCC2NNC(c3cnc(N4CCC5(CC4)CC(=O)NC5=O)nc3)C2C1)c1c(Cl)cncc1Cl. The Bertz CT molecular complexity index is 1200. The Labute approximate surface area is 231 Å². The minimum Gasteiger partial charge on any atom is -0.370 e. The molecule has 2 amide bonds. The maximum absolute atomic E-state index is 12.3. The molecule has 38 heavy (non-hydrogen) atoms. The van der Waals surface area contributed by atoms with Gasteiger partial charge in [0.25, 0.3) is 0 Å². The van der Waals surface area contributed by atoms with Crippen molar-refractivity contribution in [1.82, 2.24) is 31.1 Å². The van der Waals surface area contributed by atoms with Gasteiger partial charge in [0, 0.05) is 61.5 Å². The van der Waals surface area contributed by atoms with Crippen molar-refractivity contribution in [2.75, 3.05) is 18.0 Å². The van der Waals surface area contributed by atoms with E-state index in [2.05, 4.69) is 36.0 Å². The predicted octanol–water partition coefficient (Wildman–Crippen LogP) is 3.28. The highest BCUT2D eigenvalue weighted by Gasteiger charge is 2.48. The fourth-order valence-corrected chi connectivity index (χ4v) is 7.19. The van der Waals surface area contributed by atoms with Crippen molar-refractivity contribution in [2.45, 2.75) is 69.7 Å². The maximum atomic E-state index is 12.3. The summed E-state index contributed by atoms with van der Waals surface area (Å²) in [5.41, 5.74) is 8.15. The van der Waals surface area contributed by atoms with Crippen LogP contribution in [-0.4, -0.2) is 52.0 Å². The Morgan fingerprint density at radius 2 is 1.76 bits per heavy atom. The topological polar surface area (TPSA) is 121 Å². The second kappa shape index (κ2) is 10.3.